The van der Waals surface area contributed by atoms with Crippen molar-refractivity contribution < 1.29 is 4.74 Å². The molecule has 1 saturated carbocycles. The smallest absolute Gasteiger partial charge is 0.0622 e. The van der Waals surface area contributed by atoms with Crippen molar-refractivity contribution in [2.24, 2.45) is 11.8 Å². The summed E-state index contributed by atoms with van der Waals surface area (Å²) in [5.74, 6) is 1.46. The Bertz CT molecular complexity index is 276. The van der Waals surface area contributed by atoms with Gasteiger partial charge in [-0.05, 0) is 51.0 Å². The maximum atomic E-state index is 5.70. The van der Waals surface area contributed by atoms with Gasteiger partial charge in [-0.25, -0.2) is 0 Å². The Hall–Kier alpha value is -0.120. The zero-order valence-corrected chi connectivity index (χ0v) is 14.4. The minimum Gasteiger partial charge on any atom is -0.380 e. The van der Waals surface area contributed by atoms with Gasteiger partial charge in [0.2, 0.25) is 0 Å². The van der Waals surface area contributed by atoms with Gasteiger partial charge in [-0.2, -0.15) is 0 Å². The van der Waals surface area contributed by atoms with Crippen LogP contribution in [-0.2, 0) is 4.74 Å². The molecule has 0 bridgehead atoms. The minimum atomic E-state index is 0.499. The highest BCUT2D eigenvalue weighted by Gasteiger charge is 2.33. The van der Waals surface area contributed by atoms with E-state index >= 15 is 0 Å². The van der Waals surface area contributed by atoms with Crippen molar-refractivity contribution in [3.63, 3.8) is 0 Å². The van der Waals surface area contributed by atoms with E-state index in [1.165, 1.54) is 51.5 Å². The van der Waals surface area contributed by atoms with Gasteiger partial charge in [-0.3, -0.25) is 0 Å². The Labute approximate surface area is 131 Å². The summed E-state index contributed by atoms with van der Waals surface area (Å²) in [6.45, 7) is 9.62. The monoisotopic (exact) mass is 296 g/mol. The Balaban J connectivity index is 1.92. The van der Waals surface area contributed by atoms with Crippen LogP contribution in [0.5, 0.6) is 0 Å². The van der Waals surface area contributed by atoms with Crippen LogP contribution in [0.3, 0.4) is 0 Å². The Morgan fingerprint density at radius 2 is 1.86 bits per heavy atom. The second kappa shape index (κ2) is 9.12. The highest BCUT2D eigenvalue weighted by Crippen LogP contribution is 2.31. The van der Waals surface area contributed by atoms with E-state index in [2.05, 4.69) is 31.4 Å². The van der Waals surface area contributed by atoms with Gasteiger partial charge in [0.25, 0.3) is 0 Å². The molecule has 0 aromatic heterocycles. The molecule has 0 aromatic carbocycles. The number of hydrogen-bond acceptors (Lipinski definition) is 3. The fraction of sp³-hybridized carbons (Fsp3) is 1.00. The van der Waals surface area contributed by atoms with Crippen LogP contribution < -0.4 is 10.6 Å². The number of nitrogens with one attached hydrogen (secondary N) is 2. The lowest BCUT2D eigenvalue weighted by atomic mass is 9.77. The summed E-state index contributed by atoms with van der Waals surface area (Å²) < 4.78 is 5.70. The van der Waals surface area contributed by atoms with Gasteiger partial charge >= 0.3 is 0 Å². The molecule has 0 aromatic rings. The highest BCUT2D eigenvalue weighted by molar-refractivity contribution is 4.92. The predicted octanol–water partition coefficient (Wildman–Crippen LogP) is 3.34. The fourth-order valence-corrected chi connectivity index (χ4v) is 4.05. The first kappa shape index (κ1) is 17.2. The van der Waals surface area contributed by atoms with Crippen molar-refractivity contribution in [1.82, 2.24) is 10.6 Å². The maximum absolute atomic E-state index is 5.70. The van der Waals surface area contributed by atoms with E-state index in [0.29, 0.717) is 18.0 Å². The zero-order chi connectivity index (χ0) is 15.1. The van der Waals surface area contributed by atoms with E-state index in [-0.39, 0.29) is 0 Å². The molecular weight excluding hydrogens is 260 g/mol. The molecule has 2 rings (SSSR count). The molecule has 1 aliphatic carbocycles. The second-order valence-corrected chi connectivity index (χ2v) is 7.29. The molecule has 0 spiro atoms. The van der Waals surface area contributed by atoms with E-state index < -0.39 is 0 Å². The quantitative estimate of drug-likeness (QED) is 0.756. The highest BCUT2D eigenvalue weighted by atomic mass is 16.5. The summed E-state index contributed by atoms with van der Waals surface area (Å²) >= 11 is 0. The van der Waals surface area contributed by atoms with Crippen LogP contribution in [0.25, 0.3) is 0 Å². The Kier molecular flexibility index (Phi) is 7.48. The van der Waals surface area contributed by atoms with Gasteiger partial charge < -0.3 is 15.4 Å². The fourth-order valence-electron chi connectivity index (χ4n) is 4.05. The van der Waals surface area contributed by atoms with Crippen molar-refractivity contribution >= 4 is 0 Å². The standard InChI is InChI=1S/C18H36N2O/c1-4-21-13-18(14(2)3)20-17-11-6-5-9-15(17)16-10-7-8-12-19-16/h14-20H,4-13H2,1-3H3. The van der Waals surface area contributed by atoms with E-state index in [9.17, 15) is 0 Å². The summed E-state index contributed by atoms with van der Waals surface area (Å²) in [5, 5.41) is 7.77. The molecule has 3 heteroatoms. The maximum Gasteiger partial charge on any atom is 0.0622 e. The summed E-state index contributed by atoms with van der Waals surface area (Å²) in [4.78, 5) is 0. The largest absolute Gasteiger partial charge is 0.380 e. The Morgan fingerprint density at radius 3 is 2.52 bits per heavy atom. The first-order valence-corrected chi connectivity index (χ1v) is 9.29. The molecule has 0 amide bonds. The van der Waals surface area contributed by atoms with Gasteiger partial charge in [0.1, 0.15) is 0 Å². The molecule has 4 unspecified atom stereocenters. The van der Waals surface area contributed by atoms with Crippen LogP contribution in [0.2, 0.25) is 0 Å². The van der Waals surface area contributed by atoms with Gasteiger partial charge in [0.05, 0.1) is 6.61 Å². The summed E-state index contributed by atoms with van der Waals surface area (Å²) in [6.07, 6.45) is 9.69. The molecule has 1 heterocycles. The molecule has 1 aliphatic heterocycles. The first-order chi connectivity index (χ1) is 10.2. The van der Waals surface area contributed by atoms with Crippen LogP contribution in [0.4, 0.5) is 0 Å². The minimum absolute atomic E-state index is 0.499. The van der Waals surface area contributed by atoms with E-state index in [1.807, 2.05) is 0 Å². The average Bonchev–Trinajstić information content (AvgIpc) is 2.52. The lowest BCUT2D eigenvalue weighted by Crippen LogP contribution is -2.54. The molecule has 2 fully saturated rings. The molecule has 124 valence electrons. The molecule has 2 aliphatic rings. The molecule has 21 heavy (non-hydrogen) atoms. The molecular formula is C18H36N2O. The third-order valence-electron chi connectivity index (χ3n) is 5.42. The van der Waals surface area contributed by atoms with Crippen molar-refractivity contribution in [1.29, 1.82) is 0 Å². The molecule has 0 radical (unpaired) electrons. The SMILES string of the molecule is CCOCC(NC1CCCCC1C1CCCCN1)C(C)C. The van der Waals surface area contributed by atoms with E-state index in [0.717, 1.165) is 25.2 Å². The van der Waals surface area contributed by atoms with Gasteiger partial charge in [-0.1, -0.05) is 33.1 Å². The molecule has 1 saturated heterocycles. The van der Waals surface area contributed by atoms with Crippen molar-refractivity contribution in [2.45, 2.75) is 83.8 Å². The van der Waals surface area contributed by atoms with Gasteiger partial charge in [-0.15, -0.1) is 0 Å². The number of piperidine rings is 1. The molecule has 3 nitrogen and oxygen atoms in total. The molecule has 4 atom stereocenters. The summed E-state index contributed by atoms with van der Waals surface area (Å²) in [5.41, 5.74) is 0. The van der Waals surface area contributed by atoms with Crippen molar-refractivity contribution in [3.8, 4) is 0 Å². The topological polar surface area (TPSA) is 33.3 Å². The van der Waals surface area contributed by atoms with Crippen molar-refractivity contribution in [2.75, 3.05) is 19.8 Å². The van der Waals surface area contributed by atoms with Crippen LogP contribution in [0.15, 0.2) is 0 Å². The van der Waals surface area contributed by atoms with Crippen LogP contribution >= 0.6 is 0 Å². The normalized spacial score (nSPS) is 32.3. The second-order valence-electron chi connectivity index (χ2n) is 7.29. The Morgan fingerprint density at radius 1 is 1.10 bits per heavy atom. The zero-order valence-electron chi connectivity index (χ0n) is 14.4. The molecule has 2 N–H and O–H groups in total. The van der Waals surface area contributed by atoms with E-state index in [1.54, 1.807) is 0 Å². The third kappa shape index (κ3) is 5.22. The van der Waals surface area contributed by atoms with Crippen molar-refractivity contribution in [3.05, 3.63) is 0 Å². The first-order valence-electron chi connectivity index (χ1n) is 9.29. The predicted molar refractivity (Wildman–Crippen MR) is 89.6 cm³/mol. The average molecular weight is 296 g/mol. The third-order valence-corrected chi connectivity index (χ3v) is 5.42. The van der Waals surface area contributed by atoms with Gasteiger partial charge in [0.15, 0.2) is 0 Å². The number of rotatable bonds is 7. The summed E-state index contributed by atoms with van der Waals surface area (Å²) in [7, 11) is 0. The van der Waals surface area contributed by atoms with Gasteiger partial charge in [0, 0.05) is 24.7 Å². The van der Waals surface area contributed by atoms with Crippen LogP contribution in [0, 0.1) is 11.8 Å². The summed E-state index contributed by atoms with van der Waals surface area (Å²) in [6, 6.07) is 1.93. The van der Waals surface area contributed by atoms with E-state index in [4.69, 9.17) is 4.74 Å². The lowest BCUT2D eigenvalue weighted by molar-refractivity contribution is 0.0866. The number of ether oxygens (including phenoxy) is 1. The van der Waals surface area contributed by atoms with Crippen LogP contribution in [-0.4, -0.2) is 37.9 Å². The lowest BCUT2D eigenvalue weighted by Gasteiger charge is -2.42. The van der Waals surface area contributed by atoms with Crippen LogP contribution in [0.1, 0.15) is 65.7 Å². The number of hydrogen-bond donors (Lipinski definition) is 2.